The van der Waals surface area contributed by atoms with Gasteiger partial charge in [0.25, 0.3) is 15.8 Å². The van der Waals surface area contributed by atoms with Gasteiger partial charge < -0.3 is 0 Å². The number of rotatable bonds is 4. The first-order chi connectivity index (χ1) is 11.6. The van der Waals surface area contributed by atoms with Gasteiger partial charge in [0.2, 0.25) is 0 Å². The summed E-state index contributed by atoms with van der Waals surface area (Å²) in [4.78, 5) is 11.9. The topological polar surface area (TPSA) is 84.3 Å². The molecular weight excluding hydrogens is 328 g/mol. The molecule has 1 aliphatic carbocycles. The van der Waals surface area contributed by atoms with E-state index in [0.29, 0.717) is 13.1 Å². The van der Waals surface area contributed by atoms with E-state index in [0.717, 1.165) is 51.4 Å². The Balaban J connectivity index is 1.57. The van der Waals surface area contributed by atoms with Crippen LogP contribution in [0.2, 0.25) is 0 Å². The van der Waals surface area contributed by atoms with E-state index in [1.165, 1.54) is 10.7 Å². The Hall–Kier alpha value is -1.25. The fraction of sp³-hybridized carbons (Fsp3) is 0.750. The molecule has 0 radical (unpaired) electrons. The second-order valence-electron chi connectivity index (χ2n) is 6.75. The van der Waals surface area contributed by atoms with Crippen molar-refractivity contribution in [2.45, 2.75) is 63.5 Å². The average molecular weight is 354 g/mol. The molecule has 0 spiro atoms. The summed E-state index contributed by atoms with van der Waals surface area (Å²) in [7, 11) is -3.40. The van der Waals surface area contributed by atoms with Gasteiger partial charge in [-0.3, -0.25) is 4.79 Å². The van der Waals surface area contributed by atoms with Crippen LogP contribution < -0.4 is 10.3 Å². The lowest BCUT2D eigenvalue weighted by Gasteiger charge is -2.31. The van der Waals surface area contributed by atoms with E-state index < -0.39 is 10.2 Å². The van der Waals surface area contributed by atoms with Crippen LogP contribution in [0.25, 0.3) is 0 Å². The Morgan fingerprint density at radius 1 is 1.04 bits per heavy atom. The van der Waals surface area contributed by atoms with E-state index in [2.05, 4.69) is 9.82 Å². The molecule has 2 heterocycles. The number of aromatic nitrogens is 2. The molecular formula is C16H26N4O3S. The van der Waals surface area contributed by atoms with Crippen molar-refractivity contribution in [2.75, 3.05) is 13.1 Å². The van der Waals surface area contributed by atoms with Crippen molar-refractivity contribution >= 4 is 10.2 Å². The summed E-state index contributed by atoms with van der Waals surface area (Å²) in [6.45, 7) is 1.24. The van der Waals surface area contributed by atoms with E-state index in [4.69, 9.17) is 0 Å². The Morgan fingerprint density at radius 2 is 1.71 bits per heavy atom. The summed E-state index contributed by atoms with van der Waals surface area (Å²) in [5.41, 5.74) is -0.0916. The monoisotopic (exact) mass is 354 g/mol. The molecule has 2 aliphatic rings. The van der Waals surface area contributed by atoms with Gasteiger partial charge in [0.15, 0.2) is 0 Å². The molecule has 0 aromatic carbocycles. The minimum Gasteiger partial charge on any atom is -0.268 e. The Bertz CT molecular complexity index is 687. The van der Waals surface area contributed by atoms with Gasteiger partial charge in [-0.1, -0.05) is 12.8 Å². The van der Waals surface area contributed by atoms with E-state index >= 15 is 0 Å². The Labute approximate surface area is 143 Å². The summed E-state index contributed by atoms with van der Waals surface area (Å²) in [5, 5.41) is 4.14. The van der Waals surface area contributed by atoms with Crippen molar-refractivity contribution in [3.63, 3.8) is 0 Å². The van der Waals surface area contributed by atoms with E-state index in [9.17, 15) is 13.2 Å². The lowest BCUT2D eigenvalue weighted by Crippen LogP contribution is -2.47. The van der Waals surface area contributed by atoms with Crippen LogP contribution in [0.1, 0.15) is 57.4 Å². The molecule has 1 aliphatic heterocycles. The first-order valence-electron chi connectivity index (χ1n) is 8.87. The highest BCUT2D eigenvalue weighted by molar-refractivity contribution is 7.87. The van der Waals surface area contributed by atoms with Crippen LogP contribution in [0.15, 0.2) is 23.1 Å². The quantitative estimate of drug-likeness (QED) is 0.887. The smallest absolute Gasteiger partial charge is 0.268 e. The van der Waals surface area contributed by atoms with Crippen molar-refractivity contribution in [1.29, 1.82) is 0 Å². The number of hydrogen-bond donors (Lipinski definition) is 1. The second kappa shape index (κ2) is 7.76. The highest BCUT2D eigenvalue weighted by Crippen LogP contribution is 2.27. The maximum absolute atomic E-state index is 12.6. The maximum Gasteiger partial charge on any atom is 0.279 e. The van der Waals surface area contributed by atoms with Gasteiger partial charge in [-0.25, -0.2) is 4.68 Å². The van der Waals surface area contributed by atoms with Crippen LogP contribution in [-0.2, 0) is 10.2 Å². The molecule has 1 aromatic heterocycles. The van der Waals surface area contributed by atoms with Gasteiger partial charge in [0.05, 0.1) is 6.04 Å². The zero-order valence-electron chi connectivity index (χ0n) is 13.9. The molecule has 2 fully saturated rings. The first-order valence-corrected chi connectivity index (χ1v) is 10.3. The summed E-state index contributed by atoms with van der Waals surface area (Å²) in [6, 6.07) is 3.17. The molecule has 1 N–H and O–H groups in total. The molecule has 0 bridgehead atoms. The lowest BCUT2D eigenvalue weighted by molar-refractivity contribution is 0.281. The molecule has 7 nitrogen and oxygen atoms in total. The predicted octanol–water partition coefficient (Wildman–Crippen LogP) is 1.44. The van der Waals surface area contributed by atoms with Crippen molar-refractivity contribution in [3.05, 3.63) is 28.7 Å². The van der Waals surface area contributed by atoms with Gasteiger partial charge >= 0.3 is 0 Å². The van der Waals surface area contributed by atoms with Crippen molar-refractivity contribution in [1.82, 2.24) is 18.8 Å². The van der Waals surface area contributed by atoms with Crippen molar-refractivity contribution < 1.29 is 8.42 Å². The third kappa shape index (κ3) is 4.23. The highest BCUT2D eigenvalue weighted by atomic mass is 32.2. The fourth-order valence-corrected chi connectivity index (χ4v) is 5.19. The minimum absolute atomic E-state index is 0.0473. The van der Waals surface area contributed by atoms with Crippen LogP contribution in [0.5, 0.6) is 0 Å². The largest absolute Gasteiger partial charge is 0.279 e. The van der Waals surface area contributed by atoms with Crippen LogP contribution in [0.3, 0.4) is 0 Å². The van der Waals surface area contributed by atoms with Gasteiger partial charge in [0, 0.05) is 31.4 Å². The second-order valence-corrected chi connectivity index (χ2v) is 8.45. The SMILES string of the molecule is O=c1cccnn1C1CCC(NS(=O)(=O)N2CCCCCC2)CC1. The van der Waals surface area contributed by atoms with Crippen molar-refractivity contribution in [3.8, 4) is 0 Å². The van der Waals surface area contributed by atoms with E-state index in [1.54, 1.807) is 16.6 Å². The zero-order valence-corrected chi connectivity index (χ0v) is 14.7. The zero-order chi connectivity index (χ0) is 17.0. The van der Waals surface area contributed by atoms with E-state index in [-0.39, 0.29) is 17.6 Å². The van der Waals surface area contributed by atoms with Crippen LogP contribution in [0, 0.1) is 0 Å². The Kier molecular flexibility index (Phi) is 5.68. The van der Waals surface area contributed by atoms with Gasteiger partial charge in [-0.15, -0.1) is 0 Å². The molecule has 0 atom stereocenters. The summed E-state index contributed by atoms with van der Waals surface area (Å²) in [5.74, 6) is 0. The first kappa shape index (κ1) is 17.6. The average Bonchev–Trinajstić information content (AvgIpc) is 2.86. The minimum atomic E-state index is -3.40. The van der Waals surface area contributed by atoms with Crippen LogP contribution >= 0.6 is 0 Å². The highest BCUT2D eigenvalue weighted by Gasteiger charge is 2.29. The summed E-state index contributed by atoms with van der Waals surface area (Å²) < 4.78 is 31.1. The maximum atomic E-state index is 12.6. The van der Waals surface area contributed by atoms with Crippen molar-refractivity contribution in [2.24, 2.45) is 0 Å². The van der Waals surface area contributed by atoms with Crippen LogP contribution in [0.4, 0.5) is 0 Å². The predicted molar refractivity (Wildman–Crippen MR) is 91.9 cm³/mol. The molecule has 24 heavy (non-hydrogen) atoms. The summed E-state index contributed by atoms with van der Waals surface area (Å²) in [6.07, 6.45) is 8.73. The third-order valence-electron chi connectivity index (χ3n) is 5.00. The lowest BCUT2D eigenvalue weighted by atomic mass is 9.92. The fourth-order valence-electron chi connectivity index (χ4n) is 3.65. The molecule has 8 heteroatoms. The van der Waals surface area contributed by atoms with Gasteiger partial charge in [-0.2, -0.15) is 22.5 Å². The molecule has 0 unspecified atom stereocenters. The van der Waals surface area contributed by atoms with Crippen LogP contribution in [-0.4, -0.2) is 41.6 Å². The third-order valence-corrected chi connectivity index (χ3v) is 6.68. The molecule has 1 saturated carbocycles. The molecule has 1 aromatic rings. The summed E-state index contributed by atoms with van der Waals surface area (Å²) >= 11 is 0. The van der Waals surface area contributed by atoms with Gasteiger partial charge in [-0.05, 0) is 44.6 Å². The molecule has 3 rings (SSSR count). The normalized spacial score (nSPS) is 26.8. The van der Waals surface area contributed by atoms with Gasteiger partial charge in [0.1, 0.15) is 0 Å². The van der Waals surface area contributed by atoms with E-state index in [1.807, 2.05) is 0 Å². The number of hydrogen-bond acceptors (Lipinski definition) is 4. The molecule has 134 valence electrons. The number of nitrogens with zero attached hydrogens (tertiary/aromatic N) is 3. The Morgan fingerprint density at radius 3 is 2.33 bits per heavy atom. The molecule has 1 saturated heterocycles. The number of nitrogens with one attached hydrogen (secondary N) is 1. The standard InChI is InChI=1S/C16H26N4O3S/c21-16-6-5-11-17-20(16)15-9-7-14(8-10-15)18-24(22,23)19-12-3-1-2-4-13-19/h5-6,11,14-15,18H,1-4,7-10,12-13H2. The molecule has 0 amide bonds.